The Kier molecular flexibility index (Phi) is 7.89. The molecule has 2 amide bonds. The van der Waals surface area contributed by atoms with Crippen LogP contribution in [-0.4, -0.2) is 52.4 Å². The number of imidazole rings is 1. The highest BCUT2D eigenvalue weighted by Crippen LogP contribution is 2.34. The largest absolute Gasteiger partial charge is 0.425 e. The van der Waals surface area contributed by atoms with E-state index >= 15 is 0 Å². The van der Waals surface area contributed by atoms with Gasteiger partial charge in [-0.2, -0.15) is 13.8 Å². The predicted molar refractivity (Wildman–Crippen MR) is 128 cm³/mol. The van der Waals surface area contributed by atoms with Crippen LogP contribution >= 0.6 is 0 Å². The van der Waals surface area contributed by atoms with E-state index in [1.165, 1.54) is 47.0 Å². The van der Waals surface area contributed by atoms with Gasteiger partial charge in [0.1, 0.15) is 11.4 Å². The van der Waals surface area contributed by atoms with E-state index in [-0.39, 0.29) is 35.4 Å². The van der Waals surface area contributed by atoms with Gasteiger partial charge < -0.3 is 14.5 Å². The molecule has 8 nitrogen and oxygen atoms in total. The van der Waals surface area contributed by atoms with Gasteiger partial charge in [-0.05, 0) is 30.7 Å². The van der Waals surface area contributed by atoms with Gasteiger partial charge in [0.05, 0.1) is 6.54 Å². The van der Waals surface area contributed by atoms with Gasteiger partial charge >= 0.3 is 6.01 Å². The minimum Gasteiger partial charge on any atom is -0.425 e. The number of rotatable bonds is 10. The average Bonchev–Trinajstić information content (AvgIpc) is 3.19. The number of carbonyl (C=O) groups excluding carboxylic acids is 2. The van der Waals surface area contributed by atoms with Gasteiger partial charge in [0.2, 0.25) is 6.41 Å². The van der Waals surface area contributed by atoms with E-state index in [0.29, 0.717) is 18.5 Å². The van der Waals surface area contributed by atoms with Crippen LogP contribution in [0.15, 0.2) is 42.6 Å². The molecule has 1 aromatic carbocycles. The van der Waals surface area contributed by atoms with Gasteiger partial charge in [-0.1, -0.05) is 18.2 Å². The average molecular weight is 522 g/mol. The Labute approximate surface area is 211 Å². The summed E-state index contributed by atoms with van der Waals surface area (Å²) in [5.74, 6) is -6.77. The first-order chi connectivity index (χ1) is 17.3. The third kappa shape index (κ3) is 6.25. The lowest BCUT2D eigenvalue weighted by atomic mass is 10.1. The molecule has 0 spiro atoms. The van der Waals surface area contributed by atoms with Crippen molar-refractivity contribution in [3.63, 3.8) is 0 Å². The molecule has 0 atom stereocenters. The number of carbonyl (C=O) groups is 2. The fourth-order valence-corrected chi connectivity index (χ4v) is 3.37. The third-order valence-corrected chi connectivity index (χ3v) is 5.60. The van der Waals surface area contributed by atoms with Crippen molar-refractivity contribution in [2.75, 3.05) is 25.5 Å². The number of hydrogen-bond donors (Lipinski definition) is 0. The zero-order valence-corrected chi connectivity index (χ0v) is 21.0. The van der Waals surface area contributed by atoms with Crippen molar-refractivity contribution in [3.05, 3.63) is 65.1 Å². The fourth-order valence-electron chi connectivity index (χ4n) is 3.37. The maximum Gasteiger partial charge on any atom is 0.304 e. The lowest BCUT2D eigenvalue weighted by molar-refractivity contribution is -0.107. The number of amides is 2. The molecule has 0 aliphatic heterocycles. The highest BCUT2D eigenvalue weighted by atomic mass is 19.3. The molecule has 12 heteroatoms. The first kappa shape index (κ1) is 27.6. The topological polar surface area (TPSA) is 80.6 Å². The minimum atomic E-state index is -3.14. The highest BCUT2D eigenvalue weighted by molar-refractivity contribution is 5.99. The zero-order valence-electron chi connectivity index (χ0n) is 21.0. The smallest absolute Gasteiger partial charge is 0.304 e. The third-order valence-electron chi connectivity index (χ3n) is 5.60. The molecule has 2 aromatic heterocycles. The number of aromatic nitrogens is 3. The Balaban J connectivity index is 2.16. The molecule has 3 rings (SSSR count). The van der Waals surface area contributed by atoms with E-state index in [9.17, 15) is 27.2 Å². The van der Waals surface area contributed by atoms with E-state index < -0.39 is 23.4 Å². The molecule has 2 heterocycles. The summed E-state index contributed by atoms with van der Waals surface area (Å²) in [7, 11) is 2.95. The van der Waals surface area contributed by atoms with E-state index in [1.54, 1.807) is 14.0 Å². The summed E-state index contributed by atoms with van der Waals surface area (Å²) in [6, 6.07) is 7.63. The van der Waals surface area contributed by atoms with Crippen LogP contribution in [0.25, 0.3) is 0 Å². The molecule has 0 saturated heterocycles. The number of hydrogen-bond acceptors (Lipinski definition) is 5. The van der Waals surface area contributed by atoms with Crippen LogP contribution in [0.3, 0.4) is 0 Å². The minimum absolute atomic E-state index is 0.0178. The van der Waals surface area contributed by atoms with Crippen LogP contribution in [0, 0.1) is 0 Å². The number of anilines is 1. The SMILES string of the molecule is CCN(C)C(=O)c1c(N(C)C=O)nc(Oc2cccc(C(C)(F)F)c2)n1Cc1ccc(C(C)(F)F)nc1. The molecule has 198 valence electrons. The van der Waals surface area contributed by atoms with Gasteiger partial charge in [-0.15, -0.1) is 0 Å². The number of alkyl halides is 4. The van der Waals surface area contributed by atoms with Crippen LogP contribution in [0.2, 0.25) is 0 Å². The molecule has 0 fully saturated rings. The highest BCUT2D eigenvalue weighted by Gasteiger charge is 2.30. The summed E-state index contributed by atoms with van der Waals surface area (Å²) in [4.78, 5) is 35.5. The summed E-state index contributed by atoms with van der Waals surface area (Å²) < 4.78 is 62.2. The Hall–Kier alpha value is -3.96. The van der Waals surface area contributed by atoms with Crippen molar-refractivity contribution >= 4 is 18.1 Å². The molecular formula is C25H27F4N5O3. The quantitative estimate of drug-likeness (QED) is 0.276. The maximum atomic E-state index is 13.9. The van der Waals surface area contributed by atoms with E-state index in [0.717, 1.165) is 30.9 Å². The van der Waals surface area contributed by atoms with Gasteiger partial charge in [0.15, 0.2) is 11.5 Å². The van der Waals surface area contributed by atoms with Gasteiger partial charge in [0, 0.05) is 46.2 Å². The number of pyridine rings is 1. The normalized spacial score (nSPS) is 11.8. The summed E-state index contributed by atoms with van der Waals surface area (Å²) in [5, 5.41) is 0. The number of ether oxygens (including phenoxy) is 1. The van der Waals surface area contributed by atoms with Crippen LogP contribution in [0.5, 0.6) is 11.8 Å². The van der Waals surface area contributed by atoms with Crippen molar-refractivity contribution < 1.29 is 31.9 Å². The fraction of sp³-hybridized carbons (Fsp3) is 0.360. The molecule has 0 saturated carbocycles. The maximum absolute atomic E-state index is 13.9. The van der Waals surface area contributed by atoms with Crippen molar-refractivity contribution in [1.82, 2.24) is 19.4 Å². The number of benzene rings is 1. The number of nitrogens with zero attached hydrogens (tertiary/aromatic N) is 5. The van der Waals surface area contributed by atoms with E-state index in [2.05, 4.69) is 9.97 Å². The molecule has 0 unspecified atom stereocenters. The summed E-state index contributed by atoms with van der Waals surface area (Å²) >= 11 is 0. The van der Waals surface area contributed by atoms with Crippen molar-refractivity contribution in [3.8, 4) is 11.8 Å². The Morgan fingerprint density at radius 2 is 1.81 bits per heavy atom. The van der Waals surface area contributed by atoms with E-state index in [1.807, 2.05) is 0 Å². The first-order valence-corrected chi connectivity index (χ1v) is 11.3. The zero-order chi connectivity index (χ0) is 27.5. The lowest BCUT2D eigenvalue weighted by Gasteiger charge is -2.19. The van der Waals surface area contributed by atoms with Gasteiger partial charge in [0.25, 0.3) is 17.8 Å². The van der Waals surface area contributed by atoms with Crippen molar-refractivity contribution in [2.45, 2.75) is 39.2 Å². The second-order valence-electron chi connectivity index (χ2n) is 8.65. The Morgan fingerprint density at radius 3 is 2.35 bits per heavy atom. The predicted octanol–water partition coefficient (Wildman–Crippen LogP) is 5.03. The molecule has 0 aliphatic rings. The molecule has 0 aliphatic carbocycles. The second-order valence-corrected chi connectivity index (χ2v) is 8.65. The van der Waals surface area contributed by atoms with Crippen LogP contribution in [0.4, 0.5) is 23.4 Å². The molecule has 0 N–H and O–H groups in total. The Bertz CT molecular complexity index is 1270. The standard InChI is InChI=1S/C25H27F4N5O3/c1-6-32(4)22(36)20-21(33(5)15-35)31-23(37-18-9-7-8-17(12-18)24(2,26)27)34(20)14-16-10-11-19(30-13-16)25(3,28)29/h7-13,15H,6,14H2,1-5H3. The second kappa shape index (κ2) is 10.6. The summed E-state index contributed by atoms with van der Waals surface area (Å²) in [5.41, 5.74) is -0.317. The molecule has 37 heavy (non-hydrogen) atoms. The molecule has 0 radical (unpaired) electrons. The molecule has 0 bridgehead atoms. The van der Waals surface area contributed by atoms with Crippen LogP contribution < -0.4 is 9.64 Å². The van der Waals surface area contributed by atoms with Gasteiger partial charge in [-0.3, -0.25) is 19.1 Å². The molecule has 3 aromatic rings. The van der Waals surface area contributed by atoms with Crippen LogP contribution in [0.1, 0.15) is 48.1 Å². The van der Waals surface area contributed by atoms with Gasteiger partial charge in [-0.25, -0.2) is 8.78 Å². The summed E-state index contributed by atoms with van der Waals surface area (Å²) in [6.45, 7) is 3.46. The molecular weight excluding hydrogens is 494 g/mol. The summed E-state index contributed by atoms with van der Waals surface area (Å²) in [6.07, 6.45) is 1.69. The van der Waals surface area contributed by atoms with Crippen molar-refractivity contribution in [1.29, 1.82) is 0 Å². The first-order valence-electron chi connectivity index (χ1n) is 11.3. The lowest BCUT2D eigenvalue weighted by Crippen LogP contribution is -2.30. The van der Waals surface area contributed by atoms with Crippen LogP contribution in [-0.2, 0) is 23.2 Å². The monoisotopic (exact) mass is 521 g/mol. The van der Waals surface area contributed by atoms with E-state index in [4.69, 9.17) is 4.74 Å². The Morgan fingerprint density at radius 1 is 1.11 bits per heavy atom. The van der Waals surface area contributed by atoms with Crippen molar-refractivity contribution in [2.24, 2.45) is 0 Å². The number of halogens is 4.